The van der Waals surface area contributed by atoms with Crippen molar-refractivity contribution in [2.45, 2.75) is 33.6 Å². The van der Waals surface area contributed by atoms with Crippen LogP contribution in [-0.4, -0.2) is 20.4 Å². The molecule has 2 heterocycles. The molecule has 0 atom stereocenters. The lowest BCUT2D eigenvalue weighted by atomic mass is 10.0. The van der Waals surface area contributed by atoms with Crippen LogP contribution in [0.25, 0.3) is 5.69 Å². The number of anilines is 1. The molecule has 3 aromatic rings. The average Bonchev–Trinajstić information content (AvgIpc) is 2.95. The maximum atomic E-state index is 12.6. The van der Waals surface area contributed by atoms with Gasteiger partial charge in [0.05, 0.1) is 5.56 Å². The maximum absolute atomic E-state index is 12.6. The van der Waals surface area contributed by atoms with Gasteiger partial charge in [-0.25, -0.2) is 9.97 Å². The largest absolute Gasteiger partial charge is 0.318 e. The fourth-order valence-corrected chi connectivity index (χ4v) is 2.96. The standard InChI is InChI=1S/C20H23N5O/c1-13(2)16-7-5-8-17(12-16)25-14(3)11-18(15(25)4)19(26)23-24-20-21-9-6-10-22-20/h5-13H,1-4H3,(H,23,26)(H,21,22,24). The molecular formula is C20H23N5O. The van der Waals surface area contributed by atoms with Crippen LogP contribution < -0.4 is 10.9 Å². The van der Waals surface area contributed by atoms with Gasteiger partial charge in [0, 0.05) is 29.5 Å². The van der Waals surface area contributed by atoms with Crippen molar-refractivity contribution in [2.24, 2.45) is 0 Å². The van der Waals surface area contributed by atoms with Gasteiger partial charge in [-0.15, -0.1) is 0 Å². The second-order valence-corrected chi connectivity index (χ2v) is 6.52. The minimum Gasteiger partial charge on any atom is -0.318 e. The molecule has 6 heteroatoms. The highest BCUT2D eigenvalue weighted by Crippen LogP contribution is 2.24. The lowest BCUT2D eigenvalue weighted by Crippen LogP contribution is -2.30. The Morgan fingerprint density at radius 1 is 1.08 bits per heavy atom. The molecule has 0 radical (unpaired) electrons. The summed E-state index contributed by atoms with van der Waals surface area (Å²) in [5.74, 6) is 0.570. The Kier molecular flexibility index (Phi) is 5.02. The summed E-state index contributed by atoms with van der Waals surface area (Å²) < 4.78 is 2.10. The van der Waals surface area contributed by atoms with Crippen molar-refractivity contribution in [2.75, 3.05) is 5.43 Å². The molecule has 2 aromatic heterocycles. The molecule has 0 aliphatic rings. The number of hydrogen-bond acceptors (Lipinski definition) is 4. The van der Waals surface area contributed by atoms with Gasteiger partial charge in [0.1, 0.15) is 0 Å². The number of aryl methyl sites for hydroxylation is 1. The van der Waals surface area contributed by atoms with Gasteiger partial charge in [-0.2, -0.15) is 0 Å². The molecule has 0 unspecified atom stereocenters. The number of amides is 1. The molecule has 0 aliphatic heterocycles. The average molecular weight is 349 g/mol. The van der Waals surface area contributed by atoms with Gasteiger partial charge in [-0.05, 0) is 49.6 Å². The predicted molar refractivity (Wildman–Crippen MR) is 102 cm³/mol. The maximum Gasteiger partial charge on any atom is 0.271 e. The first kappa shape index (κ1) is 17.7. The summed E-state index contributed by atoms with van der Waals surface area (Å²) >= 11 is 0. The molecule has 3 rings (SSSR count). The number of hydrazine groups is 1. The molecule has 1 amide bonds. The second-order valence-electron chi connectivity index (χ2n) is 6.52. The van der Waals surface area contributed by atoms with E-state index in [0.717, 1.165) is 17.1 Å². The Labute approximate surface area is 153 Å². The fraction of sp³-hybridized carbons (Fsp3) is 0.250. The van der Waals surface area contributed by atoms with Crippen LogP contribution in [0.3, 0.4) is 0 Å². The normalized spacial score (nSPS) is 10.8. The number of nitrogens with one attached hydrogen (secondary N) is 2. The highest BCUT2D eigenvalue weighted by Gasteiger charge is 2.17. The van der Waals surface area contributed by atoms with Gasteiger partial charge in [-0.3, -0.25) is 15.6 Å². The van der Waals surface area contributed by atoms with Crippen LogP contribution in [0.1, 0.15) is 47.1 Å². The van der Waals surface area contributed by atoms with Crippen molar-refractivity contribution in [1.29, 1.82) is 0 Å². The van der Waals surface area contributed by atoms with E-state index >= 15 is 0 Å². The van der Waals surface area contributed by atoms with Gasteiger partial charge in [0.15, 0.2) is 0 Å². The molecule has 134 valence electrons. The number of carbonyl (C=O) groups is 1. The van der Waals surface area contributed by atoms with Crippen LogP contribution in [0.2, 0.25) is 0 Å². The van der Waals surface area contributed by atoms with E-state index in [9.17, 15) is 4.79 Å². The van der Waals surface area contributed by atoms with E-state index in [-0.39, 0.29) is 5.91 Å². The van der Waals surface area contributed by atoms with Crippen LogP contribution >= 0.6 is 0 Å². The third-order valence-corrected chi connectivity index (χ3v) is 4.32. The monoisotopic (exact) mass is 349 g/mol. The van der Waals surface area contributed by atoms with Crippen molar-refractivity contribution in [3.63, 3.8) is 0 Å². The van der Waals surface area contributed by atoms with E-state index < -0.39 is 0 Å². The van der Waals surface area contributed by atoms with Gasteiger partial charge >= 0.3 is 0 Å². The highest BCUT2D eigenvalue weighted by molar-refractivity contribution is 5.96. The van der Waals surface area contributed by atoms with Crippen LogP contribution in [0.5, 0.6) is 0 Å². The van der Waals surface area contributed by atoms with Gasteiger partial charge < -0.3 is 4.57 Å². The Morgan fingerprint density at radius 3 is 2.50 bits per heavy atom. The number of rotatable bonds is 5. The highest BCUT2D eigenvalue weighted by atomic mass is 16.2. The molecule has 2 N–H and O–H groups in total. The number of hydrogen-bond donors (Lipinski definition) is 2. The molecule has 0 fully saturated rings. The van der Waals surface area contributed by atoms with Gasteiger partial charge in [-0.1, -0.05) is 26.0 Å². The van der Waals surface area contributed by atoms with E-state index in [1.807, 2.05) is 19.9 Å². The minimum atomic E-state index is -0.225. The van der Waals surface area contributed by atoms with E-state index in [1.165, 1.54) is 5.56 Å². The van der Waals surface area contributed by atoms with Gasteiger partial charge in [0.25, 0.3) is 5.91 Å². The van der Waals surface area contributed by atoms with E-state index in [0.29, 0.717) is 17.4 Å². The van der Waals surface area contributed by atoms with Crippen LogP contribution in [0.4, 0.5) is 5.95 Å². The predicted octanol–water partition coefficient (Wildman–Crippen LogP) is 3.76. The summed E-state index contributed by atoms with van der Waals surface area (Å²) in [6, 6.07) is 12.0. The SMILES string of the molecule is Cc1cc(C(=O)NNc2ncccn2)c(C)n1-c1cccc(C(C)C)c1. The molecule has 0 spiro atoms. The van der Waals surface area contributed by atoms with E-state index in [1.54, 1.807) is 18.5 Å². The molecule has 0 bridgehead atoms. The zero-order chi connectivity index (χ0) is 18.7. The fourth-order valence-electron chi connectivity index (χ4n) is 2.96. The number of aromatic nitrogens is 3. The lowest BCUT2D eigenvalue weighted by Gasteiger charge is -2.13. The van der Waals surface area contributed by atoms with Gasteiger partial charge in [0.2, 0.25) is 5.95 Å². The lowest BCUT2D eigenvalue weighted by molar-refractivity contribution is 0.0961. The topological polar surface area (TPSA) is 71.8 Å². The minimum absolute atomic E-state index is 0.225. The first-order chi connectivity index (χ1) is 12.5. The number of benzene rings is 1. The quantitative estimate of drug-likeness (QED) is 0.688. The smallest absolute Gasteiger partial charge is 0.271 e. The Bertz CT molecular complexity index is 915. The van der Waals surface area contributed by atoms with E-state index in [4.69, 9.17) is 0 Å². The zero-order valence-corrected chi connectivity index (χ0v) is 15.4. The summed E-state index contributed by atoms with van der Waals surface area (Å²) in [4.78, 5) is 20.6. The molecule has 26 heavy (non-hydrogen) atoms. The zero-order valence-electron chi connectivity index (χ0n) is 15.4. The van der Waals surface area contributed by atoms with Crippen molar-refractivity contribution < 1.29 is 4.79 Å². The molecule has 6 nitrogen and oxygen atoms in total. The third-order valence-electron chi connectivity index (χ3n) is 4.32. The van der Waals surface area contributed by atoms with Crippen molar-refractivity contribution in [3.05, 3.63) is 71.3 Å². The Morgan fingerprint density at radius 2 is 1.81 bits per heavy atom. The van der Waals surface area contributed by atoms with Crippen molar-refractivity contribution >= 4 is 11.9 Å². The molecule has 0 saturated carbocycles. The van der Waals surface area contributed by atoms with Crippen molar-refractivity contribution in [1.82, 2.24) is 20.0 Å². The molecule has 0 saturated heterocycles. The second kappa shape index (κ2) is 7.39. The van der Waals surface area contributed by atoms with Crippen LogP contribution in [0, 0.1) is 13.8 Å². The Hall–Kier alpha value is -3.15. The van der Waals surface area contributed by atoms with Crippen LogP contribution in [0.15, 0.2) is 48.8 Å². The summed E-state index contributed by atoms with van der Waals surface area (Å²) in [5, 5.41) is 0. The Balaban J connectivity index is 1.86. The van der Waals surface area contributed by atoms with E-state index in [2.05, 4.69) is 63.5 Å². The first-order valence-corrected chi connectivity index (χ1v) is 8.60. The van der Waals surface area contributed by atoms with Crippen LogP contribution in [-0.2, 0) is 0 Å². The summed E-state index contributed by atoms with van der Waals surface area (Å²) in [5.41, 5.74) is 10.2. The first-order valence-electron chi connectivity index (χ1n) is 8.60. The number of carbonyl (C=O) groups excluding carboxylic acids is 1. The third kappa shape index (κ3) is 3.59. The molecular weight excluding hydrogens is 326 g/mol. The number of nitrogens with zero attached hydrogens (tertiary/aromatic N) is 3. The summed E-state index contributed by atoms with van der Waals surface area (Å²) in [6.45, 7) is 8.29. The summed E-state index contributed by atoms with van der Waals surface area (Å²) in [6.07, 6.45) is 3.21. The summed E-state index contributed by atoms with van der Waals surface area (Å²) in [7, 11) is 0. The molecule has 1 aromatic carbocycles. The molecule has 0 aliphatic carbocycles. The van der Waals surface area contributed by atoms with Crippen molar-refractivity contribution in [3.8, 4) is 5.69 Å².